The highest BCUT2D eigenvalue weighted by Crippen LogP contribution is 2.34. The molecule has 2 aromatic carbocycles. The average molecular weight is 365 g/mol. The van der Waals surface area contributed by atoms with Crippen LogP contribution in [0.2, 0.25) is 0 Å². The third-order valence-electron chi connectivity index (χ3n) is 5.25. The molecule has 2 heterocycles. The summed E-state index contributed by atoms with van der Waals surface area (Å²) in [6, 6.07) is 19.3. The first-order valence-electron chi connectivity index (χ1n) is 9.27. The van der Waals surface area contributed by atoms with Gasteiger partial charge >= 0.3 is 0 Å². The van der Waals surface area contributed by atoms with Crippen molar-refractivity contribution in [1.82, 2.24) is 10.2 Å². The number of carbonyl (C=O) groups excluding carboxylic acids is 1. The molecule has 3 nitrogen and oxygen atoms in total. The molecule has 26 heavy (non-hydrogen) atoms. The van der Waals surface area contributed by atoms with E-state index in [1.54, 1.807) is 11.3 Å². The Kier molecular flexibility index (Phi) is 5.05. The Morgan fingerprint density at radius 1 is 1.19 bits per heavy atom. The van der Waals surface area contributed by atoms with Crippen LogP contribution >= 0.6 is 11.3 Å². The number of nitrogens with one attached hydrogen (secondary N) is 1. The molecule has 0 aliphatic carbocycles. The lowest BCUT2D eigenvalue weighted by molar-refractivity contribution is -0.123. The monoisotopic (exact) mass is 364 g/mol. The van der Waals surface area contributed by atoms with Crippen molar-refractivity contribution >= 4 is 28.0 Å². The number of nitrogens with zero attached hydrogens (tertiary/aromatic N) is 1. The van der Waals surface area contributed by atoms with Crippen molar-refractivity contribution in [2.24, 2.45) is 0 Å². The Bertz CT molecular complexity index is 885. The maximum Gasteiger partial charge on any atom is 0.234 e. The quantitative estimate of drug-likeness (QED) is 0.697. The average Bonchev–Trinajstić information content (AvgIpc) is 3.32. The SMILES string of the molecule is C[C@@H](NC(=O)CN1CCC[C@@H]1c1cccs1)c1cccc2ccccc12. The highest BCUT2D eigenvalue weighted by molar-refractivity contribution is 7.10. The summed E-state index contributed by atoms with van der Waals surface area (Å²) in [6.07, 6.45) is 2.31. The van der Waals surface area contributed by atoms with E-state index in [4.69, 9.17) is 0 Å². The molecule has 1 aromatic heterocycles. The molecule has 2 atom stereocenters. The Morgan fingerprint density at radius 2 is 2.04 bits per heavy atom. The molecule has 1 fully saturated rings. The van der Waals surface area contributed by atoms with Gasteiger partial charge in [-0.15, -0.1) is 11.3 Å². The molecule has 1 aliphatic heterocycles. The van der Waals surface area contributed by atoms with E-state index in [0.29, 0.717) is 12.6 Å². The fourth-order valence-corrected chi connectivity index (χ4v) is 4.89. The number of carbonyl (C=O) groups is 1. The number of thiophene rings is 1. The molecule has 4 heteroatoms. The lowest BCUT2D eigenvalue weighted by Crippen LogP contribution is -2.37. The van der Waals surface area contributed by atoms with Crippen LogP contribution in [0, 0.1) is 0 Å². The second-order valence-corrected chi connectivity index (χ2v) is 7.98. The minimum atomic E-state index is -0.00334. The maximum absolute atomic E-state index is 12.7. The molecule has 134 valence electrons. The number of fused-ring (bicyclic) bond motifs is 1. The van der Waals surface area contributed by atoms with Gasteiger partial charge in [-0.1, -0.05) is 48.5 Å². The first-order valence-corrected chi connectivity index (χ1v) is 10.1. The zero-order chi connectivity index (χ0) is 17.9. The van der Waals surface area contributed by atoms with Crippen molar-refractivity contribution in [2.45, 2.75) is 31.8 Å². The van der Waals surface area contributed by atoms with Gasteiger partial charge in [0, 0.05) is 10.9 Å². The second kappa shape index (κ2) is 7.60. The van der Waals surface area contributed by atoms with Gasteiger partial charge in [-0.2, -0.15) is 0 Å². The van der Waals surface area contributed by atoms with Crippen LogP contribution in [0.5, 0.6) is 0 Å². The third kappa shape index (κ3) is 3.53. The van der Waals surface area contributed by atoms with Gasteiger partial charge in [0.2, 0.25) is 5.91 Å². The predicted molar refractivity (Wildman–Crippen MR) is 108 cm³/mol. The summed E-state index contributed by atoms with van der Waals surface area (Å²) in [7, 11) is 0. The van der Waals surface area contributed by atoms with Crippen LogP contribution in [0.4, 0.5) is 0 Å². The minimum Gasteiger partial charge on any atom is -0.348 e. The number of rotatable bonds is 5. The normalized spacial score (nSPS) is 18.9. The van der Waals surface area contributed by atoms with Gasteiger partial charge < -0.3 is 5.32 Å². The summed E-state index contributed by atoms with van der Waals surface area (Å²) in [5, 5.41) is 7.74. The molecule has 4 rings (SSSR count). The van der Waals surface area contributed by atoms with Crippen molar-refractivity contribution in [3.8, 4) is 0 Å². The topological polar surface area (TPSA) is 32.3 Å². The molecule has 0 spiro atoms. The van der Waals surface area contributed by atoms with Crippen LogP contribution in [0.3, 0.4) is 0 Å². The molecule has 1 saturated heterocycles. The van der Waals surface area contributed by atoms with Crippen LogP contribution < -0.4 is 5.32 Å². The van der Waals surface area contributed by atoms with E-state index in [0.717, 1.165) is 19.4 Å². The van der Waals surface area contributed by atoms with Crippen LogP contribution in [0.1, 0.15) is 42.3 Å². The molecule has 0 bridgehead atoms. The van der Waals surface area contributed by atoms with E-state index in [2.05, 4.69) is 71.1 Å². The van der Waals surface area contributed by atoms with Crippen molar-refractivity contribution < 1.29 is 4.79 Å². The molecule has 1 aliphatic rings. The largest absolute Gasteiger partial charge is 0.348 e. The van der Waals surface area contributed by atoms with E-state index >= 15 is 0 Å². The molecule has 1 amide bonds. The van der Waals surface area contributed by atoms with Crippen LogP contribution in [0.25, 0.3) is 10.8 Å². The lowest BCUT2D eigenvalue weighted by atomic mass is 10.00. The van der Waals surface area contributed by atoms with Crippen LogP contribution in [-0.2, 0) is 4.79 Å². The number of amides is 1. The van der Waals surface area contributed by atoms with E-state index < -0.39 is 0 Å². The van der Waals surface area contributed by atoms with Crippen molar-refractivity contribution in [1.29, 1.82) is 0 Å². The zero-order valence-corrected chi connectivity index (χ0v) is 15.8. The minimum absolute atomic E-state index is 0.00334. The van der Waals surface area contributed by atoms with Crippen LogP contribution in [0.15, 0.2) is 60.0 Å². The summed E-state index contributed by atoms with van der Waals surface area (Å²) in [5.74, 6) is 0.105. The summed E-state index contributed by atoms with van der Waals surface area (Å²) >= 11 is 1.79. The Labute approximate surface area is 158 Å². The number of likely N-dealkylation sites (tertiary alicyclic amines) is 1. The van der Waals surface area contributed by atoms with Gasteiger partial charge in [0.25, 0.3) is 0 Å². The smallest absolute Gasteiger partial charge is 0.234 e. The van der Waals surface area contributed by atoms with E-state index in [-0.39, 0.29) is 11.9 Å². The second-order valence-electron chi connectivity index (χ2n) is 7.00. The standard InChI is InChI=1S/C22H24N2OS/c1-16(18-10-4-8-17-7-2-3-9-19(17)18)23-22(25)15-24-13-5-11-20(24)21-12-6-14-26-21/h2-4,6-10,12,14,16,20H,5,11,13,15H2,1H3,(H,23,25)/t16-,20-/m1/s1. The van der Waals surface area contributed by atoms with Crippen molar-refractivity contribution in [3.63, 3.8) is 0 Å². The number of benzene rings is 2. The Morgan fingerprint density at radius 3 is 2.88 bits per heavy atom. The fourth-order valence-electron chi connectivity index (χ4n) is 4.00. The summed E-state index contributed by atoms with van der Waals surface area (Å²) in [5.41, 5.74) is 1.17. The van der Waals surface area contributed by atoms with E-state index in [1.807, 2.05) is 6.07 Å². The Balaban J connectivity index is 1.44. The molecule has 0 saturated carbocycles. The molecular formula is C22H24N2OS. The molecule has 1 N–H and O–H groups in total. The van der Waals surface area contributed by atoms with Crippen molar-refractivity contribution in [3.05, 3.63) is 70.4 Å². The van der Waals surface area contributed by atoms with Gasteiger partial charge in [-0.05, 0) is 54.1 Å². The molecule has 0 radical (unpaired) electrons. The summed E-state index contributed by atoms with van der Waals surface area (Å²) in [4.78, 5) is 16.4. The highest BCUT2D eigenvalue weighted by Gasteiger charge is 2.28. The first kappa shape index (κ1) is 17.3. The van der Waals surface area contributed by atoms with Crippen LogP contribution in [-0.4, -0.2) is 23.9 Å². The number of hydrogen-bond acceptors (Lipinski definition) is 3. The van der Waals surface area contributed by atoms with Gasteiger partial charge in [-0.3, -0.25) is 9.69 Å². The maximum atomic E-state index is 12.7. The lowest BCUT2D eigenvalue weighted by Gasteiger charge is -2.24. The number of hydrogen-bond donors (Lipinski definition) is 1. The highest BCUT2D eigenvalue weighted by atomic mass is 32.1. The first-order chi connectivity index (χ1) is 12.7. The van der Waals surface area contributed by atoms with Gasteiger partial charge in [-0.25, -0.2) is 0 Å². The summed E-state index contributed by atoms with van der Waals surface area (Å²) in [6.45, 7) is 3.54. The van der Waals surface area contributed by atoms with Gasteiger partial charge in [0.05, 0.1) is 12.6 Å². The molecule has 3 aromatic rings. The van der Waals surface area contributed by atoms with Gasteiger partial charge in [0.15, 0.2) is 0 Å². The van der Waals surface area contributed by atoms with E-state index in [1.165, 1.54) is 21.2 Å². The fraction of sp³-hybridized carbons (Fsp3) is 0.318. The molecular weight excluding hydrogens is 340 g/mol. The molecule has 0 unspecified atom stereocenters. The van der Waals surface area contributed by atoms with E-state index in [9.17, 15) is 4.79 Å². The predicted octanol–water partition coefficient (Wildman–Crippen LogP) is 4.92. The Hall–Kier alpha value is -2.17. The third-order valence-corrected chi connectivity index (χ3v) is 6.22. The van der Waals surface area contributed by atoms with Gasteiger partial charge in [0.1, 0.15) is 0 Å². The summed E-state index contributed by atoms with van der Waals surface area (Å²) < 4.78 is 0. The van der Waals surface area contributed by atoms with Crippen molar-refractivity contribution in [2.75, 3.05) is 13.1 Å². The zero-order valence-electron chi connectivity index (χ0n) is 15.0.